The van der Waals surface area contributed by atoms with Crippen LogP contribution in [-0.4, -0.2) is 75.2 Å². The number of aliphatic imine (C=N–C) groups is 1. The molecule has 1 fully saturated rings. The third-order valence-corrected chi connectivity index (χ3v) is 3.44. The minimum absolute atomic E-state index is 0.557. The molecule has 1 rings (SSSR count). The van der Waals surface area contributed by atoms with E-state index in [9.17, 15) is 0 Å². The fraction of sp³-hybridized carbons (Fsp3) is 0.929. The quantitative estimate of drug-likeness (QED) is 0.561. The Kier molecular flexibility index (Phi) is 7.16. The second-order valence-corrected chi connectivity index (χ2v) is 5.89. The zero-order valence-electron chi connectivity index (χ0n) is 13.2. The van der Waals surface area contributed by atoms with Crippen molar-refractivity contribution >= 4 is 5.96 Å². The lowest BCUT2D eigenvalue weighted by Crippen LogP contribution is -2.55. The molecule has 5 heteroatoms. The molecule has 112 valence electrons. The van der Waals surface area contributed by atoms with Crippen LogP contribution in [0.15, 0.2) is 4.99 Å². The molecule has 5 nitrogen and oxygen atoms in total. The lowest BCUT2D eigenvalue weighted by Gasteiger charge is -2.37. The van der Waals surface area contributed by atoms with Gasteiger partial charge in [-0.25, -0.2) is 0 Å². The Bertz CT molecular complexity index is 277. The van der Waals surface area contributed by atoms with E-state index in [0.29, 0.717) is 12.0 Å². The van der Waals surface area contributed by atoms with Crippen molar-refractivity contribution < 1.29 is 0 Å². The van der Waals surface area contributed by atoms with Gasteiger partial charge in [0.25, 0.3) is 0 Å². The lowest BCUT2D eigenvalue weighted by atomic mass is 10.2. The van der Waals surface area contributed by atoms with Crippen molar-refractivity contribution in [2.45, 2.75) is 26.8 Å². The van der Waals surface area contributed by atoms with Crippen LogP contribution < -0.4 is 10.6 Å². The molecule has 1 atom stereocenters. The van der Waals surface area contributed by atoms with E-state index in [1.807, 2.05) is 0 Å². The van der Waals surface area contributed by atoms with Crippen molar-refractivity contribution in [3.8, 4) is 0 Å². The summed E-state index contributed by atoms with van der Waals surface area (Å²) in [5.74, 6) is 1.54. The molecule has 0 aromatic rings. The maximum Gasteiger partial charge on any atom is 0.191 e. The summed E-state index contributed by atoms with van der Waals surface area (Å²) in [6.07, 6.45) is 0. The Hall–Kier alpha value is -0.810. The molecule has 0 amide bonds. The fourth-order valence-electron chi connectivity index (χ4n) is 2.15. The molecule has 0 bridgehead atoms. The third-order valence-electron chi connectivity index (χ3n) is 3.44. The molecular formula is C14H31N5. The van der Waals surface area contributed by atoms with Crippen molar-refractivity contribution in [3.05, 3.63) is 0 Å². The minimum atomic E-state index is 0.557. The zero-order valence-corrected chi connectivity index (χ0v) is 13.2. The lowest BCUT2D eigenvalue weighted by molar-refractivity contribution is 0.116. The van der Waals surface area contributed by atoms with Crippen LogP contribution >= 0.6 is 0 Å². The Morgan fingerprint density at radius 3 is 2.63 bits per heavy atom. The first kappa shape index (κ1) is 16.2. The Morgan fingerprint density at radius 1 is 1.26 bits per heavy atom. The summed E-state index contributed by atoms with van der Waals surface area (Å²) in [4.78, 5) is 9.43. The second-order valence-electron chi connectivity index (χ2n) is 5.89. The molecule has 0 saturated carbocycles. The monoisotopic (exact) mass is 269 g/mol. The van der Waals surface area contributed by atoms with Gasteiger partial charge in [0.15, 0.2) is 5.96 Å². The number of piperazine rings is 1. The number of rotatable bonds is 5. The highest BCUT2D eigenvalue weighted by Crippen LogP contribution is 2.04. The smallest absolute Gasteiger partial charge is 0.191 e. The van der Waals surface area contributed by atoms with Crippen LogP contribution in [0.4, 0.5) is 0 Å². The second kappa shape index (κ2) is 8.38. The molecule has 0 aromatic carbocycles. The van der Waals surface area contributed by atoms with Gasteiger partial charge in [-0.2, -0.15) is 0 Å². The van der Waals surface area contributed by atoms with Gasteiger partial charge in [0.1, 0.15) is 0 Å². The molecule has 1 heterocycles. The summed E-state index contributed by atoms with van der Waals surface area (Å²) >= 11 is 0. The number of nitrogens with zero attached hydrogens (tertiary/aromatic N) is 3. The Labute approximate surface area is 118 Å². The van der Waals surface area contributed by atoms with Crippen LogP contribution in [0, 0.1) is 5.92 Å². The SMILES string of the molecule is CCNC(=NCC(C)C)NCC1CN(C)CCN1C. The number of likely N-dealkylation sites (N-methyl/N-ethyl adjacent to an activating group) is 2. The van der Waals surface area contributed by atoms with E-state index < -0.39 is 0 Å². The molecule has 0 spiro atoms. The molecule has 19 heavy (non-hydrogen) atoms. The molecule has 0 aliphatic carbocycles. The summed E-state index contributed by atoms with van der Waals surface area (Å²) in [7, 11) is 4.40. The molecule has 2 N–H and O–H groups in total. The number of guanidine groups is 1. The van der Waals surface area contributed by atoms with E-state index in [-0.39, 0.29) is 0 Å². The van der Waals surface area contributed by atoms with Crippen LogP contribution in [0.5, 0.6) is 0 Å². The Morgan fingerprint density at radius 2 is 2.00 bits per heavy atom. The molecular weight excluding hydrogens is 238 g/mol. The van der Waals surface area contributed by atoms with E-state index >= 15 is 0 Å². The van der Waals surface area contributed by atoms with Gasteiger partial charge in [-0.05, 0) is 26.9 Å². The van der Waals surface area contributed by atoms with E-state index in [1.165, 1.54) is 0 Å². The van der Waals surface area contributed by atoms with Gasteiger partial charge in [0.05, 0.1) is 0 Å². The van der Waals surface area contributed by atoms with E-state index in [0.717, 1.165) is 45.2 Å². The average molecular weight is 269 g/mol. The molecule has 1 unspecified atom stereocenters. The summed E-state index contributed by atoms with van der Waals surface area (Å²) in [5.41, 5.74) is 0. The standard InChI is InChI=1S/C14H31N5/c1-6-15-14(16-9-12(2)3)17-10-13-11-18(4)7-8-19(13)5/h12-13H,6-11H2,1-5H3,(H2,15,16,17). The normalized spacial score (nSPS) is 22.8. The topological polar surface area (TPSA) is 42.9 Å². The highest BCUT2D eigenvalue weighted by atomic mass is 15.3. The maximum absolute atomic E-state index is 4.60. The fourth-order valence-corrected chi connectivity index (χ4v) is 2.15. The number of nitrogens with one attached hydrogen (secondary N) is 2. The van der Waals surface area contributed by atoms with Crippen molar-refractivity contribution in [2.75, 3.05) is 53.4 Å². The first-order chi connectivity index (χ1) is 9.02. The predicted octanol–water partition coefficient (Wildman–Crippen LogP) is 0.443. The summed E-state index contributed by atoms with van der Waals surface area (Å²) in [6.45, 7) is 12.6. The number of hydrogen-bond acceptors (Lipinski definition) is 3. The first-order valence-electron chi connectivity index (χ1n) is 7.43. The van der Waals surface area contributed by atoms with Crippen molar-refractivity contribution in [1.29, 1.82) is 0 Å². The first-order valence-corrected chi connectivity index (χ1v) is 7.43. The maximum atomic E-state index is 4.60. The molecule has 1 saturated heterocycles. The van der Waals surface area contributed by atoms with E-state index in [2.05, 4.69) is 60.3 Å². The Balaban J connectivity index is 2.43. The average Bonchev–Trinajstić information content (AvgIpc) is 2.36. The van der Waals surface area contributed by atoms with Gasteiger partial charge >= 0.3 is 0 Å². The van der Waals surface area contributed by atoms with Gasteiger partial charge in [-0.1, -0.05) is 13.8 Å². The van der Waals surface area contributed by atoms with Crippen LogP contribution in [0.1, 0.15) is 20.8 Å². The van der Waals surface area contributed by atoms with Crippen LogP contribution in [-0.2, 0) is 0 Å². The van der Waals surface area contributed by atoms with Gasteiger partial charge in [0, 0.05) is 45.3 Å². The highest BCUT2D eigenvalue weighted by molar-refractivity contribution is 5.79. The van der Waals surface area contributed by atoms with Crippen LogP contribution in [0.25, 0.3) is 0 Å². The van der Waals surface area contributed by atoms with E-state index in [1.54, 1.807) is 0 Å². The van der Waals surface area contributed by atoms with Crippen molar-refractivity contribution in [3.63, 3.8) is 0 Å². The molecule has 1 aliphatic rings. The van der Waals surface area contributed by atoms with Crippen molar-refractivity contribution in [2.24, 2.45) is 10.9 Å². The molecule has 0 aromatic heterocycles. The third kappa shape index (κ3) is 6.25. The van der Waals surface area contributed by atoms with Gasteiger partial charge in [0.2, 0.25) is 0 Å². The van der Waals surface area contributed by atoms with Gasteiger partial charge in [-0.3, -0.25) is 9.89 Å². The molecule has 0 radical (unpaired) electrons. The summed E-state index contributed by atoms with van der Waals surface area (Å²) < 4.78 is 0. The zero-order chi connectivity index (χ0) is 14.3. The van der Waals surface area contributed by atoms with E-state index in [4.69, 9.17) is 0 Å². The summed E-state index contributed by atoms with van der Waals surface area (Å²) in [6, 6.07) is 0.557. The summed E-state index contributed by atoms with van der Waals surface area (Å²) in [5, 5.41) is 6.78. The van der Waals surface area contributed by atoms with Crippen LogP contribution in [0.2, 0.25) is 0 Å². The van der Waals surface area contributed by atoms with Crippen molar-refractivity contribution in [1.82, 2.24) is 20.4 Å². The minimum Gasteiger partial charge on any atom is -0.357 e. The predicted molar refractivity (Wildman–Crippen MR) is 82.7 cm³/mol. The highest BCUT2D eigenvalue weighted by Gasteiger charge is 2.21. The van der Waals surface area contributed by atoms with Gasteiger partial charge in [-0.15, -0.1) is 0 Å². The molecule has 1 aliphatic heterocycles. The van der Waals surface area contributed by atoms with Gasteiger partial charge < -0.3 is 15.5 Å². The van der Waals surface area contributed by atoms with Crippen LogP contribution in [0.3, 0.4) is 0 Å². The number of hydrogen-bond donors (Lipinski definition) is 2. The largest absolute Gasteiger partial charge is 0.357 e.